The summed E-state index contributed by atoms with van der Waals surface area (Å²) >= 11 is 0. The average Bonchev–Trinajstić information content (AvgIpc) is 2.60. The van der Waals surface area contributed by atoms with E-state index in [9.17, 15) is 14.7 Å². The molecular weight excluding hydrogens is 306 g/mol. The minimum absolute atomic E-state index is 0.232. The fourth-order valence-corrected chi connectivity index (χ4v) is 2.37. The normalized spacial score (nSPS) is 10.2. The lowest BCUT2D eigenvalue weighted by atomic mass is 9.95. The number of carboxylic acid groups (broad SMARTS) is 1. The quantitative estimate of drug-likeness (QED) is 0.751. The molecule has 5 heteroatoms. The first-order valence-electron chi connectivity index (χ1n) is 7.94. The van der Waals surface area contributed by atoms with Gasteiger partial charge < -0.3 is 15.2 Å². The molecule has 2 aromatic carbocycles. The van der Waals surface area contributed by atoms with Crippen LogP contribution in [-0.4, -0.2) is 23.8 Å². The molecule has 0 saturated carbocycles. The first-order chi connectivity index (χ1) is 11.6. The predicted molar refractivity (Wildman–Crippen MR) is 91.9 cm³/mol. The second-order valence-electron chi connectivity index (χ2n) is 5.35. The number of benzene rings is 2. The number of carbonyl (C=O) groups excluding carboxylic acids is 1. The molecule has 0 saturated heterocycles. The minimum atomic E-state index is -0.979. The molecule has 2 rings (SSSR count). The van der Waals surface area contributed by atoms with Crippen LogP contribution in [0.5, 0.6) is 0 Å². The average molecular weight is 327 g/mol. The first-order valence-corrected chi connectivity index (χ1v) is 7.94. The number of rotatable bonds is 7. The molecular formula is C19H21NO4. The highest BCUT2D eigenvalue weighted by Gasteiger charge is 2.14. The molecule has 1 amide bonds. The molecule has 0 spiro atoms. The third-order valence-corrected chi connectivity index (χ3v) is 3.62. The second kappa shape index (κ2) is 8.72. The topological polar surface area (TPSA) is 75.6 Å². The van der Waals surface area contributed by atoms with Gasteiger partial charge in [-0.2, -0.15) is 0 Å². The van der Waals surface area contributed by atoms with Crippen molar-refractivity contribution in [2.45, 2.75) is 26.3 Å². The third kappa shape index (κ3) is 4.59. The maximum Gasteiger partial charge on any atom is 0.407 e. The Morgan fingerprint density at radius 1 is 1.04 bits per heavy atom. The van der Waals surface area contributed by atoms with Crippen LogP contribution in [0, 0.1) is 0 Å². The molecule has 0 heterocycles. The second-order valence-corrected chi connectivity index (χ2v) is 5.35. The largest absolute Gasteiger partial charge is 0.478 e. The first kappa shape index (κ1) is 17.5. The molecule has 0 aliphatic heterocycles. The van der Waals surface area contributed by atoms with E-state index in [0.29, 0.717) is 12.2 Å². The van der Waals surface area contributed by atoms with Gasteiger partial charge in [0.05, 0.1) is 12.2 Å². The number of alkyl carbamates (subject to hydrolysis) is 1. The van der Waals surface area contributed by atoms with E-state index >= 15 is 0 Å². The van der Waals surface area contributed by atoms with Gasteiger partial charge in [0.25, 0.3) is 0 Å². The van der Waals surface area contributed by atoms with E-state index in [4.69, 9.17) is 4.74 Å². The monoisotopic (exact) mass is 327 g/mol. The number of carbonyl (C=O) groups is 2. The van der Waals surface area contributed by atoms with Crippen molar-refractivity contribution in [1.29, 1.82) is 0 Å². The fraction of sp³-hybridized carbons (Fsp3) is 0.263. The lowest BCUT2D eigenvalue weighted by molar-refractivity contribution is 0.0697. The summed E-state index contributed by atoms with van der Waals surface area (Å²) in [6.45, 7) is 2.69. The number of carboxylic acids is 1. The van der Waals surface area contributed by atoms with Crippen LogP contribution in [0.1, 0.15) is 35.7 Å². The summed E-state index contributed by atoms with van der Waals surface area (Å²) < 4.78 is 5.07. The van der Waals surface area contributed by atoms with E-state index in [-0.39, 0.29) is 12.1 Å². The minimum Gasteiger partial charge on any atom is -0.478 e. The Kier molecular flexibility index (Phi) is 6.37. The Morgan fingerprint density at radius 2 is 1.71 bits per heavy atom. The van der Waals surface area contributed by atoms with Crippen molar-refractivity contribution in [3.05, 3.63) is 59.7 Å². The molecule has 2 aromatic rings. The number of nitrogens with one attached hydrogen (secondary N) is 1. The molecule has 2 N–H and O–H groups in total. The number of ether oxygens (including phenoxy) is 1. The van der Waals surface area contributed by atoms with Crippen molar-refractivity contribution in [3.8, 4) is 11.1 Å². The van der Waals surface area contributed by atoms with Gasteiger partial charge in [-0.15, -0.1) is 0 Å². The van der Waals surface area contributed by atoms with E-state index in [0.717, 1.165) is 24.0 Å². The lowest BCUT2D eigenvalue weighted by Gasteiger charge is -2.13. The van der Waals surface area contributed by atoms with Crippen LogP contribution < -0.4 is 5.32 Å². The van der Waals surface area contributed by atoms with Crippen LogP contribution >= 0.6 is 0 Å². The number of hydrogen-bond acceptors (Lipinski definition) is 3. The van der Waals surface area contributed by atoms with Crippen molar-refractivity contribution < 1.29 is 19.4 Å². The molecule has 0 aliphatic carbocycles. The Labute approximate surface area is 141 Å². The van der Waals surface area contributed by atoms with Crippen LogP contribution in [-0.2, 0) is 11.3 Å². The zero-order chi connectivity index (χ0) is 17.4. The van der Waals surface area contributed by atoms with Gasteiger partial charge in [0.15, 0.2) is 0 Å². The number of unbranched alkanes of at least 4 members (excludes halogenated alkanes) is 1. The van der Waals surface area contributed by atoms with Crippen LogP contribution in [0.15, 0.2) is 48.5 Å². The van der Waals surface area contributed by atoms with Crippen molar-refractivity contribution >= 4 is 12.1 Å². The van der Waals surface area contributed by atoms with E-state index in [1.165, 1.54) is 0 Å². The number of amides is 1. The molecule has 0 radical (unpaired) electrons. The van der Waals surface area contributed by atoms with Gasteiger partial charge in [-0.25, -0.2) is 9.59 Å². The number of hydrogen-bond donors (Lipinski definition) is 2. The molecule has 0 bridgehead atoms. The van der Waals surface area contributed by atoms with Crippen LogP contribution in [0.4, 0.5) is 4.79 Å². The summed E-state index contributed by atoms with van der Waals surface area (Å²) in [5.41, 5.74) is 2.47. The summed E-state index contributed by atoms with van der Waals surface area (Å²) in [6.07, 6.45) is 1.32. The number of aromatic carboxylic acids is 1. The van der Waals surface area contributed by atoms with Crippen molar-refractivity contribution in [3.63, 3.8) is 0 Å². The van der Waals surface area contributed by atoms with Crippen LogP contribution in [0.25, 0.3) is 11.1 Å². The molecule has 24 heavy (non-hydrogen) atoms. The van der Waals surface area contributed by atoms with Crippen LogP contribution in [0.2, 0.25) is 0 Å². The highest BCUT2D eigenvalue weighted by Crippen LogP contribution is 2.27. The summed E-state index contributed by atoms with van der Waals surface area (Å²) in [4.78, 5) is 23.1. The maximum atomic E-state index is 11.7. The Morgan fingerprint density at radius 3 is 2.42 bits per heavy atom. The summed E-state index contributed by atoms with van der Waals surface area (Å²) in [5.74, 6) is -0.979. The van der Waals surface area contributed by atoms with Gasteiger partial charge in [0.1, 0.15) is 0 Å². The maximum absolute atomic E-state index is 11.7. The molecule has 5 nitrogen and oxygen atoms in total. The molecule has 0 aromatic heterocycles. The van der Waals surface area contributed by atoms with Gasteiger partial charge in [-0.3, -0.25) is 0 Å². The molecule has 0 aliphatic rings. The third-order valence-electron chi connectivity index (χ3n) is 3.62. The van der Waals surface area contributed by atoms with E-state index in [1.54, 1.807) is 24.3 Å². The molecule has 0 atom stereocenters. The Balaban J connectivity index is 2.17. The molecule has 0 fully saturated rings. The van der Waals surface area contributed by atoms with Crippen molar-refractivity contribution in [1.82, 2.24) is 5.32 Å². The van der Waals surface area contributed by atoms with E-state index in [2.05, 4.69) is 5.32 Å². The fourth-order valence-electron chi connectivity index (χ4n) is 2.37. The Bertz CT molecular complexity index is 712. The molecule has 0 unspecified atom stereocenters. The van der Waals surface area contributed by atoms with Gasteiger partial charge in [-0.05, 0) is 29.2 Å². The van der Waals surface area contributed by atoms with E-state index < -0.39 is 12.1 Å². The van der Waals surface area contributed by atoms with Crippen molar-refractivity contribution in [2.24, 2.45) is 0 Å². The summed E-state index contributed by atoms with van der Waals surface area (Å²) in [7, 11) is 0. The van der Waals surface area contributed by atoms with Gasteiger partial charge >= 0.3 is 12.1 Å². The van der Waals surface area contributed by atoms with E-state index in [1.807, 2.05) is 31.2 Å². The standard InChI is InChI=1S/C19H21NO4/c1-2-3-12-24-19(23)20-13-14-8-4-5-9-15(14)16-10-6-7-11-17(16)18(21)22/h4-11H,2-3,12-13H2,1H3,(H,20,23)(H,21,22). The smallest absolute Gasteiger partial charge is 0.407 e. The Hall–Kier alpha value is -2.82. The van der Waals surface area contributed by atoms with Crippen LogP contribution in [0.3, 0.4) is 0 Å². The SMILES string of the molecule is CCCCOC(=O)NCc1ccccc1-c1ccccc1C(=O)O. The zero-order valence-corrected chi connectivity index (χ0v) is 13.6. The zero-order valence-electron chi connectivity index (χ0n) is 13.6. The highest BCUT2D eigenvalue weighted by molar-refractivity contribution is 5.96. The predicted octanol–water partition coefficient (Wildman–Crippen LogP) is 4.08. The van der Waals surface area contributed by atoms with Crippen molar-refractivity contribution in [2.75, 3.05) is 6.61 Å². The summed E-state index contributed by atoms with van der Waals surface area (Å²) in [5, 5.41) is 12.1. The summed E-state index contributed by atoms with van der Waals surface area (Å²) in [6, 6.07) is 14.2. The molecule has 126 valence electrons. The van der Waals surface area contributed by atoms with Gasteiger partial charge in [0, 0.05) is 6.54 Å². The highest BCUT2D eigenvalue weighted by atomic mass is 16.5. The van der Waals surface area contributed by atoms with Gasteiger partial charge in [0.2, 0.25) is 0 Å². The van der Waals surface area contributed by atoms with Gasteiger partial charge in [-0.1, -0.05) is 55.8 Å². The lowest BCUT2D eigenvalue weighted by Crippen LogP contribution is -2.24.